The van der Waals surface area contributed by atoms with Crippen molar-refractivity contribution >= 4 is 17.2 Å². The number of amides is 1. The van der Waals surface area contributed by atoms with Gasteiger partial charge in [0.05, 0.1) is 18.2 Å². The lowest BCUT2D eigenvalue weighted by Gasteiger charge is -2.32. The normalized spacial score (nSPS) is 18.9. The van der Waals surface area contributed by atoms with Crippen molar-refractivity contribution in [3.63, 3.8) is 0 Å². The van der Waals surface area contributed by atoms with E-state index in [1.807, 2.05) is 12.3 Å². The highest BCUT2D eigenvalue weighted by atomic mass is 32.1. The fraction of sp³-hybridized carbons (Fsp3) is 0.714. The van der Waals surface area contributed by atoms with Crippen LogP contribution in [0.15, 0.2) is 5.38 Å². The summed E-state index contributed by atoms with van der Waals surface area (Å²) in [6.45, 7) is 4.75. The zero-order chi connectivity index (χ0) is 14.5. The fourth-order valence-corrected chi connectivity index (χ4v) is 3.33. The molecular formula is C14H23N3O2S. The summed E-state index contributed by atoms with van der Waals surface area (Å²) < 4.78 is 0. The van der Waals surface area contributed by atoms with E-state index in [9.17, 15) is 9.90 Å². The number of piperidine rings is 1. The molecule has 1 aromatic heterocycles. The van der Waals surface area contributed by atoms with Crippen LogP contribution in [0.25, 0.3) is 0 Å². The number of carbonyl (C=O) groups is 1. The molecular weight excluding hydrogens is 274 g/mol. The Balaban J connectivity index is 1.81. The summed E-state index contributed by atoms with van der Waals surface area (Å²) in [5.74, 6) is 0.439. The second-order valence-electron chi connectivity index (χ2n) is 5.44. The summed E-state index contributed by atoms with van der Waals surface area (Å²) in [7, 11) is 1.64. The summed E-state index contributed by atoms with van der Waals surface area (Å²) in [5.41, 5.74) is 1.05. The van der Waals surface area contributed by atoms with Gasteiger partial charge in [0.25, 0.3) is 0 Å². The number of carbonyl (C=O) groups excluding carboxylic acids is 1. The second-order valence-corrected chi connectivity index (χ2v) is 6.38. The topological polar surface area (TPSA) is 65.5 Å². The number of likely N-dealkylation sites (tertiary alicyclic amines) is 1. The molecule has 1 unspecified atom stereocenters. The molecule has 1 saturated heterocycles. The zero-order valence-corrected chi connectivity index (χ0v) is 12.9. The van der Waals surface area contributed by atoms with Gasteiger partial charge in [-0.1, -0.05) is 0 Å². The van der Waals surface area contributed by atoms with Crippen LogP contribution in [-0.4, -0.2) is 47.1 Å². The number of nitrogens with zero attached hydrogens (tertiary/aromatic N) is 2. The van der Waals surface area contributed by atoms with Gasteiger partial charge in [0, 0.05) is 19.0 Å². The maximum atomic E-state index is 11.3. The maximum absolute atomic E-state index is 11.3. The monoisotopic (exact) mass is 297 g/mol. The average Bonchev–Trinajstić information content (AvgIpc) is 2.86. The van der Waals surface area contributed by atoms with Crippen LogP contribution >= 0.6 is 11.3 Å². The van der Waals surface area contributed by atoms with Crippen molar-refractivity contribution in [2.24, 2.45) is 5.92 Å². The molecule has 1 aliphatic heterocycles. The van der Waals surface area contributed by atoms with E-state index in [4.69, 9.17) is 0 Å². The van der Waals surface area contributed by atoms with Crippen molar-refractivity contribution in [2.75, 3.05) is 20.1 Å². The lowest BCUT2D eigenvalue weighted by atomic mass is 9.92. The van der Waals surface area contributed by atoms with Crippen molar-refractivity contribution in [3.05, 3.63) is 16.1 Å². The number of likely N-dealkylation sites (N-methyl/N-ethyl adjacent to an activating group) is 1. The molecule has 112 valence electrons. The van der Waals surface area contributed by atoms with E-state index in [2.05, 4.69) is 15.2 Å². The number of aromatic nitrogens is 1. The molecule has 1 aliphatic rings. The Bertz CT molecular complexity index is 439. The minimum atomic E-state index is -0.199. The number of nitrogens with one attached hydrogen (secondary N) is 1. The Morgan fingerprint density at radius 3 is 2.90 bits per heavy atom. The first-order chi connectivity index (χ1) is 9.58. The largest absolute Gasteiger partial charge is 0.393 e. The second kappa shape index (κ2) is 7.15. The van der Waals surface area contributed by atoms with Gasteiger partial charge in [-0.2, -0.15) is 0 Å². The Morgan fingerprint density at radius 1 is 1.60 bits per heavy atom. The molecule has 2 rings (SSSR count). The molecule has 1 aromatic rings. The Labute approximate surface area is 124 Å². The minimum absolute atomic E-state index is 0.00338. The van der Waals surface area contributed by atoms with Crippen LogP contribution in [0.4, 0.5) is 0 Å². The van der Waals surface area contributed by atoms with Crippen molar-refractivity contribution < 1.29 is 9.90 Å². The quantitative estimate of drug-likeness (QED) is 0.852. The maximum Gasteiger partial charge on any atom is 0.226 e. The van der Waals surface area contributed by atoms with Gasteiger partial charge in [0.1, 0.15) is 5.01 Å². The van der Waals surface area contributed by atoms with E-state index in [-0.39, 0.29) is 12.0 Å². The smallest absolute Gasteiger partial charge is 0.226 e. The molecule has 0 aromatic carbocycles. The fourth-order valence-electron chi connectivity index (χ4n) is 2.55. The standard InChI is InChI=1S/C14H23N3O2S/c1-10(18)11-3-5-17(6-4-11)8-12-9-20-14(16-12)7-13(19)15-2/h9-11,18H,3-8H2,1-2H3,(H,15,19). The van der Waals surface area contributed by atoms with E-state index in [1.54, 1.807) is 18.4 Å². The lowest BCUT2D eigenvalue weighted by Crippen LogP contribution is -2.36. The number of hydrogen-bond donors (Lipinski definition) is 2. The third kappa shape index (κ3) is 4.26. The van der Waals surface area contributed by atoms with Gasteiger partial charge < -0.3 is 10.4 Å². The van der Waals surface area contributed by atoms with E-state index in [1.165, 1.54) is 0 Å². The van der Waals surface area contributed by atoms with Gasteiger partial charge in [-0.25, -0.2) is 4.98 Å². The summed E-state index contributed by atoms with van der Waals surface area (Å²) in [6, 6.07) is 0. The number of aliphatic hydroxyl groups excluding tert-OH is 1. The summed E-state index contributed by atoms with van der Waals surface area (Å²) in [4.78, 5) is 18.2. The lowest BCUT2D eigenvalue weighted by molar-refractivity contribution is -0.119. The van der Waals surface area contributed by atoms with Crippen LogP contribution in [0.5, 0.6) is 0 Å². The minimum Gasteiger partial charge on any atom is -0.393 e. The van der Waals surface area contributed by atoms with Crippen LogP contribution in [0.2, 0.25) is 0 Å². The van der Waals surface area contributed by atoms with E-state index in [0.29, 0.717) is 12.3 Å². The number of rotatable bonds is 5. The van der Waals surface area contributed by atoms with Crippen molar-refractivity contribution in [3.8, 4) is 0 Å². The summed E-state index contributed by atoms with van der Waals surface area (Å²) in [6.07, 6.45) is 2.26. The molecule has 0 bridgehead atoms. The van der Waals surface area contributed by atoms with Gasteiger partial charge in [-0.3, -0.25) is 9.69 Å². The van der Waals surface area contributed by atoms with Crippen LogP contribution in [0.1, 0.15) is 30.5 Å². The predicted octanol–water partition coefficient (Wildman–Crippen LogP) is 1.02. The van der Waals surface area contributed by atoms with E-state index in [0.717, 1.165) is 43.2 Å². The van der Waals surface area contributed by atoms with Gasteiger partial charge >= 0.3 is 0 Å². The molecule has 2 heterocycles. The molecule has 5 nitrogen and oxygen atoms in total. The molecule has 20 heavy (non-hydrogen) atoms. The molecule has 0 radical (unpaired) electrons. The Morgan fingerprint density at radius 2 is 2.30 bits per heavy atom. The number of hydrogen-bond acceptors (Lipinski definition) is 5. The molecule has 0 spiro atoms. The van der Waals surface area contributed by atoms with E-state index >= 15 is 0 Å². The van der Waals surface area contributed by atoms with Crippen LogP contribution in [-0.2, 0) is 17.8 Å². The first kappa shape index (κ1) is 15.4. The van der Waals surface area contributed by atoms with Crippen LogP contribution in [0.3, 0.4) is 0 Å². The van der Waals surface area contributed by atoms with Gasteiger partial charge in [0.15, 0.2) is 0 Å². The SMILES string of the molecule is CNC(=O)Cc1nc(CN2CCC(C(C)O)CC2)cs1. The molecule has 0 saturated carbocycles. The number of aliphatic hydroxyl groups is 1. The third-order valence-electron chi connectivity index (χ3n) is 3.89. The molecule has 0 aliphatic carbocycles. The summed E-state index contributed by atoms with van der Waals surface area (Å²) in [5, 5.41) is 15.1. The first-order valence-electron chi connectivity index (χ1n) is 7.12. The highest BCUT2D eigenvalue weighted by Gasteiger charge is 2.23. The molecule has 1 fully saturated rings. The van der Waals surface area contributed by atoms with Gasteiger partial charge in [-0.15, -0.1) is 11.3 Å². The van der Waals surface area contributed by atoms with Gasteiger partial charge in [-0.05, 0) is 38.8 Å². The van der Waals surface area contributed by atoms with Crippen LogP contribution < -0.4 is 5.32 Å². The predicted molar refractivity (Wildman–Crippen MR) is 79.6 cm³/mol. The summed E-state index contributed by atoms with van der Waals surface area (Å²) >= 11 is 1.55. The van der Waals surface area contributed by atoms with Crippen molar-refractivity contribution in [2.45, 2.75) is 38.8 Å². The number of thiazole rings is 1. The molecule has 1 amide bonds. The van der Waals surface area contributed by atoms with Gasteiger partial charge in [0.2, 0.25) is 5.91 Å². The molecule has 1 atom stereocenters. The zero-order valence-electron chi connectivity index (χ0n) is 12.1. The van der Waals surface area contributed by atoms with Crippen LogP contribution in [0, 0.1) is 5.92 Å². The van der Waals surface area contributed by atoms with Crippen molar-refractivity contribution in [1.82, 2.24) is 15.2 Å². The highest BCUT2D eigenvalue weighted by Crippen LogP contribution is 2.22. The highest BCUT2D eigenvalue weighted by molar-refractivity contribution is 7.09. The third-order valence-corrected chi connectivity index (χ3v) is 4.79. The molecule has 2 N–H and O–H groups in total. The molecule has 6 heteroatoms. The Hall–Kier alpha value is -0.980. The Kier molecular flexibility index (Phi) is 5.51. The van der Waals surface area contributed by atoms with E-state index < -0.39 is 0 Å². The first-order valence-corrected chi connectivity index (χ1v) is 8.00. The van der Waals surface area contributed by atoms with Crippen molar-refractivity contribution in [1.29, 1.82) is 0 Å². The average molecular weight is 297 g/mol.